The number of benzene rings is 1. The van der Waals surface area contributed by atoms with Gasteiger partial charge in [-0.15, -0.1) is 0 Å². The van der Waals surface area contributed by atoms with Crippen LogP contribution in [0.1, 0.15) is 41.9 Å². The molecule has 1 heterocycles. The minimum absolute atomic E-state index is 0.197. The summed E-state index contributed by atoms with van der Waals surface area (Å²) >= 11 is 0. The summed E-state index contributed by atoms with van der Waals surface area (Å²) in [5, 5.41) is 0. The summed E-state index contributed by atoms with van der Waals surface area (Å²) in [6.07, 6.45) is 2.34. The van der Waals surface area contributed by atoms with Crippen molar-refractivity contribution in [1.82, 2.24) is 9.55 Å². The van der Waals surface area contributed by atoms with Crippen molar-refractivity contribution in [2.24, 2.45) is 7.05 Å². The standard InChI is InChI=1S/C15H16N2O3/c1-3-20-15(19)13(18)10-6-7-12-11(8-10)16-14(17(12)2)9-4-5-9/h6-9H,3-5H2,1-2H3. The number of Topliss-reactive ketones (excluding diaryl/α,β-unsaturated/α-hetero) is 1. The molecule has 104 valence electrons. The van der Waals surface area contributed by atoms with E-state index < -0.39 is 11.8 Å². The average molecular weight is 272 g/mol. The number of fused-ring (bicyclic) bond motifs is 1. The second-order valence-corrected chi connectivity index (χ2v) is 5.06. The van der Waals surface area contributed by atoms with E-state index in [0.29, 0.717) is 11.5 Å². The third kappa shape index (κ3) is 2.09. The van der Waals surface area contributed by atoms with Crippen LogP contribution in [0.4, 0.5) is 0 Å². The molecule has 0 amide bonds. The van der Waals surface area contributed by atoms with Crippen LogP contribution in [0.5, 0.6) is 0 Å². The maximum atomic E-state index is 11.9. The molecule has 0 saturated heterocycles. The quantitative estimate of drug-likeness (QED) is 0.486. The van der Waals surface area contributed by atoms with Gasteiger partial charge in [0.05, 0.1) is 17.6 Å². The topological polar surface area (TPSA) is 61.2 Å². The minimum Gasteiger partial charge on any atom is -0.460 e. The van der Waals surface area contributed by atoms with Crippen LogP contribution in [0.25, 0.3) is 11.0 Å². The Labute approximate surface area is 116 Å². The number of nitrogens with zero attached hydrogens (tertiary/aromatic N) is 2. The molecule has 0 bridgehead atoms. The van der Waals surface area contributed by atoms with Crippen LogP contribution in [-0.4, -0.2) is 27.9 Å². The van der Waals surface area contributed by atoms with Gasteiger partial charge in [-0.3, -0.25) is 4.79 Å². The van der Waals surface area contributed by atoms with Gasteiger partial charge in [0, 0.05) is 18.5 Å². The molecule has 3 rings (SSSR count). The summed E-state index contributed by atoms with van der Waals surface area (Å²) < 4.78 is 6.79. The molecule has 0 aliphatic heterocycles. The van der Waals surface area contributed by atoms with Crippen LogP contribution in [0.2, 0.25) is 0 Å². The van der Waals surface area contributed by atoms with Gasteiger partial charge >= 0.3 is 5.97 Å². The predicted molar refractivity (Wildman–Crippen MR) is 73.7 cm³/mol. The zero-order chi connectivity index (χ0) is 14.3. The molecule has 20 heavy (non-hydrogen) atoms. The second kappa shape index (κ2) is 4.74. The Morgan fingerprint density at radius 2 is 2.15 bits per heavy atom. The van der Waals surface area contributed by atoms with Crippen LogP contribution in [0.15, 0.2) is 18.2 Å². The van der Waals surface area contributed by atoms with E-state index in [0.717, 1.165) is 16.9 Å². The number of esters is 1. The molecule has 5 heteroatoms. The van der Waals surface area contributed by atoms with Gasteiger partial charge in [-0.05, 0) is 38.0 Å². The Bertz CT molecular complexity index is 698. The number of rotatable bonds is 4. The number of hydrogen-bond donors (Lipinski definition) is 0. The van der Waals surface area contributed by atoms with Crippen LogP contribution in [0.3, 0.4) is 0 Å². The van der Waals surface area contributed by atoms with Gasteiger partial charge in [-0.2, -0.15) is 0 Å². The molecule has 0 unspecified atom stereocenters. The monoisotopic (exact) mass is 272 g/mol. The molecule has 1 aromatic carbocycles. The van der Waals surface area contributed by atoms with Crippen LogP contribution < -0.4 is 0 Å². The lowest BCUT2D eigenvalue weighted by Crippen LogP contribution is -2.17. The molecule has 1 aliphatic rings. The van der Waals surface area contributed by atoms with Gasteiger partial charge in [0.1, 0.15) is 5.82 Å². The molecular formula is C15H16N2O3. The summed E-state index contributed by atoms with van der Waals surface area (Å²) in [5.74, 6) is 0.162. The van der Waals surface area contributed by atoms with E-state index in [1.807, 2.05) is 13.1 Å². The fraction of sp³-hybridized carbons (Fsp3) is 0.400. The van der Waals surface area contributed by atoms with Crippen molar-refractivity contribution >= 4 is 22.8 Å². The molecule has 1 aliphatic carbocycles. The van der Waals surface area contributed by atoms with E-state index in [9.17, 15) is 9.59 Å². The summed E-state index contributed by atoms with van der Waals surface area (Å²) in [7, 11) is 1.98. The Kier molecular flexibility index (Phi) is 3.04. The largest absolute Gasteiger partial charge is 0.460 e. The first kappa shape index (κ1) is 12.8. The molecule has 0 atom stereocenters. The highest BCUT2D eigenvalue weighted by Gasteiger charge is 2.29. The first-order valence-corrected chi connectivity index (χ1v) is 6.79. The van der Waals surface area contributed by atoms with Crippen molar-refractivity contribution in [3.05, 3.63) is 29.6 Å². The normalized spacial score (nSPS) is 14.5. The summed E-state index contributed by atoms with van der Waals surface area (Å²) in [6, 6.07) is 5.15. The predicted octanol–water partition coefficient (Wildman–Crippen LogP) is 2.20. The van der Waals surface area contributed by atoms with Crippen molar-refractivity contribution in [1.29, 1.82) is 0 Å². The fourth-order valence-corrected chi connectivity index (χ4v) is 2.38. The van der Waals surface area contributed by atoms with Gasteiger partial charge in [-0.1, -0.05) is 0 Å². The first-order chi connectivity index (χ1) is 9.61. The van der Waals surface area contributed by atoms with E-state index in [1.54, 1.807) is 19.1 Å². The molecule has 1 saturated carbocycles. The maximum absolute atomic E-state index is 11.9. The average Bonchev–Trinajstić information content (AvgIpc) is 3.23. The van der Waals surface area contributed by atoms with Crippen molar-refractivity contribution in [2.75, 3.05) is 6.61 Å². The van der Waals surface area contributed by atoms with E-state index >= 15 is 0 Å². The summed E-state index contributed by atoms with van der Waals surface area (Å²) in [6.45, 7) is 1.87. The zero-order valence-corrected chi connectivity index (χ0v) is 11.5. The van der Waals surface area contributed by atoms with E-state index in [2.05, 4.69) is 9.55 Å². The number of ether oxygens (including phenoxy) is 1. The van der Waals surface area contributed by atoms with Crippen molar-refractivity contribution in [2.45, 2.75) is 25.7 Å². The molecular weight excluding hydrogens is 256 g/mol. The highest BCUT2D eigenvalue weighted by molar-refractivity contribution is 6.40. The molecule has 5 nitrogen and oxygen atoms in total. The fourth-order valence-electron chi connectivity index (χ4n) is 2.38. The van der Waals surface area contributed by atoms with Crippen LogP contribution in [-0.2, 0) is 16.6 Å². The highest BCUT2D eigenvalue weighted by atomic mass is 16.5. The SMILES string of the molecule is CCOC(=O)C(=O)c1ccc2c(c1)nc(C1CC1)n2C. The van der Waals surface area contributed by atoms with Crippen molar-refractivity contribution in [3.63, 3.8) is 0 Å². The number of aryl methyl sites for hydroxylation is 1. The highest BCUT2D eigenvalue weighted by Crippen LogP contribution is 2.40. The second-order valence-electron chi connectivity index (χ2n) is 5.06. The van der Waals surface area contributed by atoms with Gasteiger partial charge in [0.2, 0.25) is 0 Å². The smallest absolute Gasteiger partial charge is 0.379 e. The van der Waals surface area contributed by atoms with Gasteiger partial charge < -0.3 is 9.30 Å². The molecule has 1 aromatic heterocycles. The third-order valence-electron chi connectivity index (χ3n) is 3.58. The maximum Gasteiger partial charge on any atom is 0.379 e. The Morgan fingerprint density at radius 1 is 1.40 bits per heavy atom. The Morgan fingerprint density at radius 3 is 2.80 bits per heavy atom. The van der Waals surface area contributed by atoms with Crippen LogP contribution in [0, 0.1) is 0 Å². The van der Waals surface area contributed by atoms with Gasteiger partial charge in [0.15, 0.2) is 0 Å². The number of imidazole rings is 1. The van der Waals surface area contributed by atoms with E-state index in [1.165, 1.54) is 12.8 Å². The van der Waals surface area contributed by atoms with E-state index in [-0.39, 0.29) is 6.61 Å². The van der Waals surface area contributed by atoms with Crippen LogP contribution >= 0.6 is 0 Å². The molecule has 0 N–H and O–H groups in total. The number of ketones is 1. The summed E-state index contributed by atoms with van der Waals surface area (Å²) in [5.41, 5.74) is 2.06. The minimum atomic E-state index is -0.815. The lowest BCUT2D eigenvalue weighted by atomic mass is 10.1. The zero-order valence-electron chi connectivity index (χ0n) is 11.5. The Balaban J connectivity index is 1.98. The third-order valence-corrected chi connectivity index (χ3v) is 3.58. The number of hydrogen-bond acceptors (Lipinski definition) is 4. The lowest BCUT2D eigenvalue weighted by molar-refractivity contribution is -0.137. The van der Waals surface area contributed by atoms with Gasteiger partial charge in [0.25, 0.3) is 5.78 Å². The van der Waals surface area contributed by atoms with Gasteiger partial charge in [-0.25, -0.2) is 9.78 Å². The van der Waals surface area contributed by atoms with Crippen molar-refractivity contribution in [3.8, 4) is 0 Å². The molecule has 0 radical (unpaired) electrons. The molecule has 0 spiro atoms. The molecule has 1 fully saturated rings. The Hall–Kier alpha value is -2.17. The number of aromatic nitrogens is 2. The lowest BCUT2D eigenvalue weighted by Gasteiger charge is -2.02. The number of carbonyl (C=O) groups excluding carboxylic acids is 2. The first-order valence-electron chi connectivity index (χ1n) is 6.79. The van der Waals surface area contributed by atoms with E-state index in [4.69, 9.17) is 4.74 Å². The summed E-state index contributed by atoms with van der Waals surface area (Å²) in [4.78, 5) is 28.0. The van der Waals surface area contributed by atoms with Crippen molar-refractivity contribution < 1.29 is 14.3 Å². The molecule has 2 aromatic rings. The number of carbonyl (C=O) groups is 2.